The van der Waals surface area contributed by atoms with Gasteiger partial charge in [0, 0.05) is 17.7 Å². The molecule has 4 aromatic rings. The number of aliphatic imine (C=N–C) groups is 1. The minimum atomic E-state index is -3.78. The van der Waals surface area contributed by atoms with E-state index in [2.05, 4.69) is 16.9 Å². The Labute approximate surface area is 187 Å². The van der Waals surface area contributed by atoms with Crippen LogP contribution in [0.1, 0.15) is 16.7 Å². The summed E-state index contributed by atoms with van der Waals surface area (Å²) in [6.07, 6.45) is 0.917. The lowest BCUT2D eigenvalue weighted by atomic mass is 9.93. The minimum Gasteiger partial charge on any atom is -0.495 e. The highest BCUT2D eigenvalue weighted by Crippen LogP contribution is 2.31. The van der Waals surface area contributed by atoms with Crippen LogP contribution in [-0.2, 0) is 16.4 Å². The molecule has 0 aliphatic carbocycles. The Morgan fingerprint density at radius 2 is 1.66 bits per heavy atom. The van der Waals surface area contributed by atoms with Gasteiger partial charge in [-0.1, -0.05) is 60.7 Å². The van der Waals surface area contributed by atoms with Gasteiger partial charge in [0.05, 0.1) is 23.4 Å². The molecule has 0 atom stereocenters. The molecular weight excluding hydrogens is 420 g/mol. The lowest BCUT2D eigenvalue weighted by molar-refractivity contribution is 0.417. The third-order valence-electron chi connectivity index (χ3n) is 5.67. The molecule has 32 heavy (non-hydrogen) atoms. The van der Waals surface area contributed by atoms with E-state index in [1.807, 2.05) is 54.6 Å². The SMILES string of the molecule is COc1cc(C2=NCCc3ccccc32)ccc1NS(=O)(=O)c1ccc2ccccc2c1. The van der Waals surface area contributed by atoms with Gasteiger partial charge in [0.2, 0.25) is 0 Å². The fourth-order valence-electron chi connectivity index (χ4n) is 4.05. The van der Waals surface area contributed by atoms with Crippen LogP contribution in [0.5, 0.6) is 5.75 Å². The summed E-state index contributed by atoms with van der Waals surface area (Å²) in [5, 5.41) is 1.86. The number of ether oxygens (including phenoxy) is 1. The average Bonchev–Trinajstić information content (AvgIpc) is 2.83. The first-order valence-corrected chi connectivity index (χ1v) is 11.9. The monoisotopic (exact) mass is 442 g/mol. The van der Waals surface area contributed by atoms with Crippen LogP contribution in [0.2, 0.25) is 0 Å². The van der Waals surface area contributed by atoms with Crippen molar-refractivity contribution in [1.82, 2.24) is 0 Å². The number of hydrogen-bond acceptors (Lipinski definition) is 4. The molecule has 1 N–H and O–H groups in total. The van der Waals surface area contributed by atoms with Gasteiger partial charge in [-0.2, -0.15) is 0 Å². The topological polar surface area (TPSA) is 67.8 Å². The van der Waals surface area contributed by atoms with Crippen molar-refractivity contribution in [3.63, 3.8) is 0 Å². The number of rotatable bonds is 5. The quantitative estimate of drug-likeness (QED) is 0.471. The summed E-state index contributed by atoms with van der Waals surface area (Å²) in [5.41, 5.74) is 4.54. The lowest BCUT2D eigenvalue weighted by Crippen LogP contribution is -2.16. The molecule has 4 aromatic carbocycles. The Bertz CT molecular complexity index is 1460. The lowest BCUT2D eigenvalue weighted by Gasteiger charge is -2.18. The van der Waals surface area contributed by atoms with Crippen molar-refractivity contribution in [1.29, 1.82) is 0 Å². The molecule has 5 nitrogen and oxygen atoms in total. The zero-order valence-corrected chi connectivity index (χ0v) is 18.4. The summed E-state index contributed by atoms with van der Waals surface area (Å²) in [5.74, 6) is 0.442. The van der Waals surface area contributed by atoms with Crippen molar-refractivity contribution in [3.8, 4) is 5.75 Å². The molecule has 0 unspecified atom stereocenters. The van der Waals surface area contributed by atoms with Gasteiger partial charge in [-0.15, -0.1) is 0 Å². The fraction of sp³-hybridized carbons (Fsp3) is 0.115. The minimum absolute atomic E-state index is 0.202. The molecule has 0 spiro atoms. The van der Waals surface area contributed by atoms with Crippen molar-refractivity contribution >= 4 is 32.2 Å². The van der Waals surface area contributed by atoms with Gasteiger partial charge in [-0.05, 0) is 47.0 Å². The van der Waals surface area contributed by atoms with Crippen LogP contribution < -0.4 is 9.46 Å². The first kappa shape index (κ1) is 20.3. The predicted molar refractivity (Wildman–Crippen MR) is 128 cm³/mol. The molecule has 0 saturated carbocycles. The zero-order valence-electron chi connectivity index (χ0n) is 17.6. The van der Waals surface area contributed by atoms with E-state index in [1.165, 1.54) is 12.7 Å². The van der Waals surface area contributed by atoms with E-state index in [0.717, 1.165) is 40.6 Å². The first-order valence-electron chi connectivity index (χ1n) is 10.4. The average molecular weight is 443 g/mol. The van der Waals surface area contributed by atoms with Crippen molar-refractivity contribution in [3.05, 3.63) is 102 Å². The second-order valence-corrected chi connectivity index (χ2v) is 9.35. The second-order valence-electron chi connectivity index (χ2n) is 7.67. The van der Waals surface area contributed by atoms with Crippen LogP contribution in [0.3, 0.4) is 0 Å². The predicted octanol–water partition coefficient (Wildman–Crippen LogP) is 5.04. The van der Waals surface area contributed by atoms with Crippen LogP contribution in [0.15, 0.2) is 94.8 Å². The van der Waals surface area contributed by atoms with E-state index >= 15 is 0 Å². The molecule has 0 amide bonds. The smallest absolute Gasteiger partial charge is 0.262 e. The van der Waals surface area contributed by atoms with Crippen molar-refractivity contribution in [2.45, 2.75) is 11.3 Å². The van der Waals surface area contributed by atoms with Gasteiger partial charge in [0.1, 0.15) is 5.75 Å². The van der Waals surface area contributed by atoms with Crippen molar-refractivity contribution in [2.24, 2.45) is 4.99 Å². The van der Waals surface area contributed by atoms with Gasteiger partial charge in [-0.25, -0.2) is 8.42 Å². The van der Waals surface area contributed by atoms with E-state index in [4.69, 9.17) is 9.73 Å². The van der Waals surface area contributed by atoms with Gasteiger partial charge >= 0.3 is 0 Å². The molecule has 1 heterocycles. The van der Waals surface area contributed by atoms with Crippen LogP contribution in [0.25, 0.3) is 10.8 Å². The standard InChI is InChI=1S/C26H22N2O3S/c1-31-25-17-21(26-23-9-5-4-7-19(23)14-15-27-26)11-13-24(25)28-32(29,30)22-12-10-18-6-2-3-8-20(18)16-22/h2-13,16-17,28H,14-15H2,1H3. The molecule has 6 heteroatoms. The van der Waals surface area contributed by atoms with Gasteiger partial charge < -0.3 is 4.74 Å². The van der Waals surface area contributed by atoms with Crippen LogP contribution in [-0.4, -0.2) is 27.8 Å². The molecule has 5 rings (SSSR count). The summed E-state index contributed by atoms with van der Waals surface area (Å²) in [6, 6.07) is 26.4. The van der Waals surface area contributed by atoms with Gasteiger partial charge in [-0.3, -0.25) is 9.71 Å². The number of anilines is 1. The highest BCUT2D eigenvalue weighted by molar-refractivity contribution is 7.92. The zero-order chi connectivity index (χ0) is 22.1. The van der Waals surface area contributed by atoms with Crippen molar-refractivity contribution in [2.75, 3.05) is 18.4 Å². The Morgan fingerprint density at radius 1 is 0.875 bits per heavy atom. The Morgan fingerprint density at radius 3 is 2.50 bits per heavy atom. The summed E-state index contributed by atoms with van der Waals surface area (Å²) in [6.45, 7) is 0.727. The number of nitrogens with one attached hydrogen (secondary N) is 1. The third kappa shape index (κ3) is 3.74. The largest absolute Gasteiger partial charge is 0.495 e. The number of fused-ring (bicyclic) bond motifs is 2. The summed E-state index contributed by atoms with van der Waals surface area (Å²) in [7, 11) is -2.25. The normalized spacial score (nSPS) is 13.3. The van der Waals surface area contributed by atoms with E-state index in [1.54, 1.807) is 18.2 Å². The molecular formula is C26H22N2O3S. The van der Waals surface area contributed by atoms with Crippen molar-refractivity contribution < 1.29 is 13.2 Å². The molecule has 0 saturated heterocycles. The fourth-order valence-corrected chi connectivity index (χ4v) is 5.16. The van der Waals surface area contributed by atoms with E-state index in [9.17, 15) is 8.42 Å². The number of hydrogen-bond donors (Lipinski definition) is 1. The highest BCUT2D eigenvalue weighted by Gasteiger charge is 2.20. The van der Waals surface area contributed by atoms with Gasteiger partial charge in [0.15, 0.2) is 0 Å². The number of sulfonamides is 1. The Kier molecular flexibility index (Phi) is 5.15. The first-order chi connectivity index (χ1) is 15.5. The number of methoxy groups -OCH3 is 1. The van der Waals surface area contributed by atoms with Crippen LogP contribution >= 0.6 is 0 Å². The maximum Gasteiger partial charge on any atom is 0.262 e. The highest BCUT2D eigenvalue weighted by atomic mass is 32.2. The maximum atomic E-state index is 13.1. The van der Waals surface area contributed by atoms with Crippen LogP contribution in [0, 0.1) is 0 Å². The number of benzene rings is 4. The van der Waals surface area contributed by atoms with E-state index in [0.29, 0.717) is 11.4 Å². The number of nitrogens with zero attached hydrogens (tertiary/aromatic N) is 1. The summed E-state index contributed by atoms with van der Waals surface area (Å²) in [4.78, 5) is 4.92. The Hall–Kier alpha value is -3.64. The molecule has 0 aromatic heterocycles. The molecule has 0 fully saturated rings. The molecule has 0 bridgehead atoms. The Balaban J connectivity index is 1.48. The molecule has 160 valence electrons. The van der Waals surface area contributed by atoms with Gasteiger partial charge in [0.25, 0.3) is 10.0 Å². The third-order valence-corrected chi connectivity index (χ3v) is 7.04. The molecule has 1 aliphatic rings. The maximum absolute atomic E-state index is 13.1. The molecule has 0 radical (unpaired) electrons. The van der Waals surface area contributed by atoms with E-state index < -0.39 is 10.0 Å². The summed E-state index contributed by atoms with van der Waals surface area (Å²) >= 11 is 0. The van der Waals surface area contributed by atoms with E-state index in [-0.39, 0.29) is 4.90 Å². The summed E-state index contributed by atoms with van der Waals surface area (Å²) < 4.78 is 34.4. The molecule has 1 aliphatic heterocycles. The van der Waals surface area contributed by atoms with Crippen LogP contribution in [0.4, 0.5) is 5.69 Å². The second kappa shape index (κ2) is 8.13.